The number of hydrogen-bond acceptors (Lipinski definition) is 2. The monoisotopic (exact) mass is 382 g/mol. The van der Waals surface area contributed by atoms with E-state index in [1.165, 1.54) is 0 Å². The van der Waals surface area contributed by atoms with Gasteiger partial charge in [0.05, 0.1) is 7.11 Å². The molecule has 0 unspecified atom stereocenters. The van der Waals surface area contributed by atoms with Crippen LogP contribution in [0, 0.1) is 0 Å². The molecule has 0 atom stereocenters. The van der Waals surface area contributed by atoms with Crippen molar-refractivity contribution in [2.24, 2.45) is 0 Å². The Hall–Kier alpha value is -1.13. The van der Waals surface area contributed by atoms with Crippen LogP contribution in [0.15, 0.2) is 51.4 Å². The van der Waals surface area contributed by atoms with Gasteiger partial charge in [0.1, 0.15) is 5.75 Å². The van der Waals surface area contributed by atoms with Crippen LogP contribution in [0.5, 0.6) is 5.75 Å². The summed E-state index contributed by atoms with van der Waals surface area (Å²) < 4.78 is 6.91. The summed E-state index contributed by atoms with van der Waals surface area (Å²) in [6.07, 6.45) is 0.334. The molecule has 0 spiro atoms. The minimum atomic E-state index is 0.0708. The Balaban J connectivity index is 2.26. The summed E-state index contributed by atoms with van der Waals surface area (Å²) in [6.45, 7) is 0. The molecule has 2 rings (SSSR count). The van der Waals surface area contributed by atoms with Crippen LogP contribution in [-0.4, -0.2) is 12.9 Å². The number of Topliss-reactive ketones (excluding diaryl/α,β-unsaturated/α-hetero) is 1. The first-order valence-corrected chi connectivity index (χ1v) is 7.30. The molecule has 0 heterocycles. The molecule has 2 nitrogen and oxygen atoms in total. The molecule has 0 aliphatic heterocycles. The second kappa shape index (κ2) is 6.35. The molecule has 2 aromatic rings. The largest absolute Gasteiger partial charge is 0.497 e. The van der Waals surface area contributed by atoms with Crippen LogP contribution >= 0.6 is 31.9 Å². The number of halogens is 2. The van der Waals surface area contributed by atoms with Crippen molar-refractivity contribution >= 4 is 37.6 Å². The van der Waals surface area contributed by atoms with E-state index in [4.69, 9.17) is 4.74 Å². The SMILES string of the molecule is COc1ccc(Br)c(CC(=O)c2ccccc2Br)c1. The average molecular weight is 384 g/mol. The maximum atomic E-state index is 12.3. The number of benzene rings is 2. The second-order valence-corrected chi connectivity index (χ2v) is 5.75. The van der Waals surface area contributed by atoms with E-state index in [9.17, 15) is 4.79 Å². The fourth-order valence-corrected chi connectivity index (χ4v) is 2.66. The van der Waals surface area contributed by atoms with Crippen LogP contribution in [0.25, 0.3) is 0 Å². The molecule has 0 aliphatic carbocycles. The molecule has 0 bridgehead atoms. The molecule has 0 radical (unpaired) electrons. The topological polar surface area (TPSA) is 26.3 Å². The van der Waals surface area contributed by atoms with Crippen molar-refractivity contribution < 1.29 is 9.53 Å². The Labute approximate surface area is 129 Å². The molecule has 0 fully saturated rings. The molecular weight excluding hydrogens is 372 g/mol. The van der Waals surface area contributed by atoms with Gasteiger partial charge in [-0.1, -0.05) is 50.1 Å². The number of carbonyl (C=O) groups excluding carboxylic acids is 1. The van der Waals surface area contributed by atoms with Gasteiger partial charge >= 0.3 is 0 Å². The van der Waals surface area contributed by atoms with E-state index in [1.54, 1.807) is 7.11 Å². The van der Waals surface area contributed by atoms with Gasteiger partial charge in [-0.3, -0.25) is 4.79 Å². The maximum Gasteiger partial charge on any atom is 0.168 e. The first-order chi connectivity index (χ1) is 9.11. The van der Waals surface area contributed by atoms with Gasteiger partial charge in [0.15, 0.2) is 5.78 Å². The Morgan fingerprint density at radius 1 is 1.11 bits per heavy atom. The number of carbonyl (C=O) groups is 1. The van der Waals surface area contributed by atoms with Crippen molar-refractivity contribution in [3.63, 3.8) is 0 Å². The van der Waals surface area contributed by atoms with Crippen LogP contribution in [0.2, 0.25) is 0 Å². The molecule has 0 aromatic heterocycles. The van der Waals surface area contributed by atoms with Gasteiger partial charge in [-0.05, 0) is 29.8 Å². The zero-order chi connectivity index (χ0) is 13.8. The highest BCUT2D eigenvalue weighted by Crippen LogP contribution is 2.25. The highest BCUT2D eigenvalue weighted by Gasteiger charge is 2.12. The summed E-state index contributed by atoms with van der Waals surface area (Å²) in [4.78, 5) is 12.3. The third-order valence-corrected chi connectivity index (χ3v) is 4.24. The first kappa shape index (κ1) is 14.3. The van der Waals surface area contributed by atoms with Crippen molar-refractivity contribution in [2.45, 2.75) is 6.42 Å². The highest BCUT2D eigenvalue weighted by molar-refractivity contribution is 9.10. The van der Waals surface area contributed by atoms with Gasteiger partial charge in [0.2, 0.25) is 0 Å². The van der Waals surface area contributed by atoms with Crippen molar-refractivity contribution in [1.82, 2.24) is 0 Å². The van der Waals surface area contributed by atoms with E-state index < -0.39 is 0 Å². The number of rotatable bonds is 4. The third kappa shape index (κ3) is 3.45. The van der Waals surface area contributed by atoms with Crippen LogP contribution in [-0.2, 0) is 6.42 Å². The lowest BCUT2D eigenvalue weighted by Gasteiger charge is -2.08. The summed E-state index contributed by atoms with van der Waals surface area (Å²) in [5.74, 6) is 0.819. The van der Waals surface area contributed by atoms with Crippen LogP contribution in [0.3, 0.4) is 0 Å². The van der Waals surface area contributed by atoms with Gasteiger partial charge < -0.3 is 4.74 Å². The Morgan fingerprint density at radius 2 is 1.84 bits per heavy atom. The first-order valence-electron chi connectivity index (χ1n) is 5.72. The Kier molecular flexibility index (Phi) is 4.77. The van der Waals surface area contributed by atoms with E-state index in [2.05, 4.69) is 31.9 Å². The summed E-state index contributed by atoms with van der Waals surface area (Å²) in [6, 6.07) is 13.1. The van der Waals surface area contributed by atoms with Crippen molar-refractivity contribution in [1.29, 1.82) is 0 Å². The van der Waals surface area contributed by atoms with E-state index in [-0.39, 0.29) is 5.78 Å². The second-order valence-electron chi connectivity index (χ2n) is 4.04. The lowest BCUT2D eigenvalue weighted by atomic mass is 10.0. The lowest BCUT2D eigenvalue weighted by Crippen LogP contribution is -2.05. The van der Waals surface area contributed by atoms with Gasteiger partial charge in [-0.25, -0.2) is 0 Å². The molecule has 0 saturated carbocycles. The van der Waals surface area contributed by atoms with Gasteiger partial charge in [0, 0.05) is 20.9 Å². The van der Waals surface area contributed by atoms with Gasteiger partial charge in [-0.15, -0.1) is 0 Å². The maximum absolute atomic E-state index is 12.3. The lowest BCUT2D eigenvalue weighted by molar-refractivity contribution is 0.0992. The zero-order valence-corrected chi connectivity index (χ0v) is 13.5. The number of ether oxygens (including phenoxy) is 1. The van der Waals surface area contributed by atoms with Gasteiger partial charge in [-0.2, -0.15) is 0 Å². The van der Waals surface area contributed by atoms with Crippen LogP contribution in [0.4, 0.5) is 0 Å². The molecule has 0 amide bonds. The number of methoxy groups -OCH3 is 1. The minimum Gasteiger partial charge on any atom is -0.497 e. The van der Waals surface area contributed by atoms with Crippen molar-refractivity contribution in [3.05, 3.63) is 62.5 Å². The van der Waals surface area contributed by atoms with Crippen LogP contribution in [0.1, 0.15) is 15.9 Å². The molecule has 0 saturated heterocycles. The minimum absolute atomic E-state index is 0.0708. The third-order valence-electron chi connectivity index (χ3n) is 2.78. The Bertz CT molecular complexity index is 609. The Morgan fingerprint density at radius 3 is 2.53 bits per heavy atom. The summed E-state index contributed by atoms with van der Waals surface area (Å²) in [5, 5.41) is 0. The summed E-state index contributed by atoms with van der Waals surface area (Å²) in [7, 11) is 1.61. The number of ketones is 1. The fraction of sp³-hybridized carbons (Fsp3) is 0.133. The zero-order valence-electron chi connectivity index (χ0n) is 10.3. The predicted molar refractivity (Wildman–Crippen MR) is 82.9 cm³/mol. The summed E-state index contributed by atoms with van der Waals surface area (Å²) >= 11 is 6.86. The molecule has 98 valence electrons. The smallest absolute Gasteiger partial charge is 0.168 e. The predicted octanol–water partition coefficient (Wildman–Crippen LogP) is 4.65. The summed E-state index contributed by atoms with van der Waals surface area (Å²) in [5.41, 5.74) is 1.61. The highest BCUT2D eigenvalue weighted by atomic mass is 79.9. The van der Waals surface area contributed by atoms with Gasteiger partial charge in [0.25, 0.3) is 0 Å². The normalized spacial score (nSPS) is 10.3. The molecule has 19 heavy (non-hydrogen) atoms. The standard InChI is InChI=1S/C15H12Br2O2/c1-19-11-6-7-13(16)10(8-11)9-15(18)12-4-2-3-5-14(12)17/h2-8H,9H2,1H3. The van der Waals surface area contributed by atoms with E-state index >= 15 is 0 Å². The number of hydrogen-bond donors (Lipinski definition) is 0. The van der Waals surface area contributed by atoms with Crippen LogP contribution < -0.4 is 4.74 Å². The van der Waals surface area contributed by atoms with Crippen molar-refractivity contribution in [3.8, 4) is 5.75 Å². The quantitative estimate of drug-likeness (QED) is 0.718. The molecule has 4 heteroatoms. The molecule has 0 aliphatic rings. The average Bonchev–Trinajstić information content (AvgIpc) is 2.41. The fourth-order valence-electron chi connectivity index (χ4n) is 1.77. The molecule has 2 aromatic carbocycles. The van der Waals surface area contributed by atoms with Crippen molar-refractivity contribution in [2.75, 3.05) is 7.11 Å². The van der Waals surface area contributed by atoms with E-state index in [0.717, 1.165) is 20.3 Å². The van der Waals surface area contributed by atoms with E-state index in [0.29, 0.717) is 12.0 Å². The van der Waals surface area contributed by atoms with E-state index in [1.807, 2.05) is 42.5 Å². The molecule has 0 N–H and O–H groups in total. The molecular formula is C15H12Br2O2.